The highest BCUT2D eigenvalue weighted by molar-refractivity contribution is 5.91. The molecule has 0 bridgehead atoms. The fourth-order valence-corrected chi connectivity index (χ4v) is 3.85. The van der Waals surface area contributed by atoms with Crippen molar-refractivity contribution < 1.29 is 0 Å². The molecular weight excluding hydrogens is 388 g/mol. The van der Waals surface area contributed by atoms with Crippen LogP contribution in [0.3, 0.4) is 0 Å². The number of anilines is 4. The zero-order chi connectivity index (χ0) is 21.6. The smallest absolute Gasteiger partial charge is 0.0703 e. The molecule has 0 aliphatic carbocycles. The lowest BCUT2D eigenvalue weighted by Gasteiger charge is -2.19. The summed E-state index contributed by atoms with van der Waals surface area (Å²) in [7, 11) is 0. The minimum atomic E-state index is 1.03. The Balaban J connectivity index is 1.55. The molecule has 2 N–H and O–H groups in total. The van der Waals surface area contributed by atoms with Crippen molar-refractivity contribution in [2.75, 3.05) is 10.6 Å². The second kappa shape index (κ2) is 9.23. The van der Waals surface area contributed by atoms with Crippen molar-refractivity contribution in [2.24, 2.45) is 0 Å². The van der Waals surface area contributed by atoms with Crippen LogP contribution in [0.5, 0.6) is 0 Å². The summed E-state index contributed by atoms with van der Waals surface area (Å²) in [5.41, 5.74) is 8.94. The van der Waals surface area contributed by atoms with E-state index in [4.69, 9.17) is 0 Å². The summed E-state index contributed by atoms with van der Waals surface area (Å²) in [6, 6.07) is 46.2. The van der Waals surface area contributed by atoms with Gasteiger partial charge in [-0.2, -0.15) is 0 Å². The molecule has 0 aliphatic rings. The normalized spacial score (nSPS) is 10.5. The van der Waals surface area contributed by atoms with Crippen LogP contribution < -0.4 is 10.6 Å². The van der Waals surface area contributed by atoms with Gasteiger partial charge in [-0.05, 0) is 47.0 Å². The van der Waals surface area contributed by atoms with Crippen molar-refractivity contribution in [3.05, 3.63) is 133 Å². The first-order chi connectivity index (χ1) is 15.9. The van der Waals surface area contributed by atoms with Gasteiger partial charge in [0, 0.05) is 16.9 Å². The maximum atomic E-state index is 3.64. The molecule has 0 saturated heterocycles. The number of rotatable bonds is 6. The minimum absolute atomic E-state index is 1.03. The molecule has 2 nitrogen and oxygen atoms in total. The molecule has 0 aromatic heterocycles. The van der Waals surface area contributed by atoms with Crippen LogP contribution in [-0.4, -0.2) is 0 Å². The number of nitrogens with one attached hydrogen (secondary N) is 2. The average molecular weight is 413 g/mol. The summed E-state index contributed by atoms with van der Waals surface area (Å²) in [6.45, 7) is 0. The highest BCUT2D eigenvalue weighted by atomic mass is 15.0. The fraction of sp³-hybridized carbons (Fsp3) is 0. The van der Waals surface area contributed by atoms with Crippen molar-refractivity contribution in [3.63, 3.8) is 0 Å². The average Bonchev–Trinajstić information content (AvgIpc) is 2.87. The number of para-hydroxylation sites is 3. The highest BCUT2D eigenvalue weighted by Gasteiger charge is 2.12. The van der Waals surface area contributed by atoms with E-state index >= 15 is 0 Å². The topological polar surface area (TPSA) is 24.1 Å². The first-order valence-corrected chi connectivity index (χ1v) is 10.8. The summed E-state index contributed by atoms with van der Waals surface area (Å²) in [4.78, 5) is 0. The predicted octanol–water partition coefficient (Wildman–Crippen LogP) is 8.51. The van der Waals surface area contributed by atoms with Gasteiger partial charge in [0.25, 0.3) is 0 Å². The van der Waals surface area contributed by atoms with Crippen LogP contribution in [0.2, 0.25) is 0 Å². The van der Waals surface area contributed by atoms with Crippen LogP contribution in [0.15, 0.2) is 133 Å². The second-order valence-corrected chi connectivity index (χ2v) is 7.65. The van der Waals surface area contributed by atoms with Crippen molar-refractivity contribution in [1.29, 1.82) is 0 Å². The van der Waals surface area contributed by atoms with E-state index in [1.165, 1.54) is 16.7 Å². The lowest BCUT2D eigenvalue weighted by molar-refractivity contribution is 1.49. The Morgan fingerprint density at radius 3 is 1.47 bits per heavy atom. The molecule has 0 atom stereocenters. The van der Waals surface area contributed by atoms with Crippen LogP contribution >= 0.6 is 0 Å². The highest BCUT2D eigenvalue weighted by Crippen LogP contribution is 2.38. The SMILES string of the molecule is c1ccc(Nc2cccc(-c3ccc(-c4ccccc4)cc3)c2Nc2ccccc2)cc1. The van der Waals surface area contributed by atoms with E-state index in [1.807, 2.05) is 42.5 Å². The molecule has 2 heteroatoms. The third-order valence-corrected chi connectivity index (χ3v) is 5.46. The molecule has 0 saturated carbocycles. The molecule has 0 spiro atoms. The lowest BCUT2D eigenvalue weighted by atomic mass is 9.98. The van der Waals surface area contributed by atoms with E-state index in [2.05, 4.69) is 102 Å². The molecule has 0 amide bonds. The second-order valence-electron chi connectivity index (χ2n) is 7.65. The summed E-state index contributed by atoms with van der Waals surface area (Å²) in [6.07, 6.45) is 0. The van der Waals surface area contributed by atoms with Crippen LogP contribution in [-0.2, 0) is 0 Å². The zero-order valence-electron chi connectivity index (χ0n) is 17.7. The fourth-order valence-electron chi connectivity index (χ4n) is 3.85. The summed E-state index contributed by atoms with van der Waals surface area (Å²) >= 11 is 0. The summed E-state index contributed by atoms with van der Waals surface area (Å²) < 4.78 is 0. The van der Waals surface area contributed by atoms with E-state index < -0.39 is 0 Å². The third kappa shape index (κ3) is 4.40. The molecule has 0 aliphatic heterocycles. The van der Waals surface area contributed by atoms with Gasteiger partial charge in [0.2, 0.25) is 0 Å². The maximum absolute atomic E-state index is 3.64. The minimum Gasteiger partial charge on any atom is -0.354 e. The number of hydrogen-bond donors (Lipinski definition) is 2. The van der Waals surface area contributed by atoms with E-state index in [-0.39, 0.29) is 0 Å². The Morgan fingerprint density at radius 1 is 0.344 bits per heavy atom. The van der Waals surface area contributed by atoms with Gasteiger partial charge in [-0.15, -0.1) is 0 Å². The van der Waals surface area contributed by atoms with Gasteiger partial charge in [0.1, 0.15) is 0 Å². The Kier molecular flexibility index (Phi) is 5.67. The summed E-state index contributed by atoms with van der Waals surface area (Å²) in [5, 5.41) is 7.22. The van der Waals surface area contributed by atoms with Crippen LogP contribution in [0.25, 0.3) is 22.3 Å². The molecule has 154 valence electrons. The van der Waals surface area contributed by atoms with Gasteiger partial charge in [-0.3, -0.25) is 0 Å². The first-order valence-electron chi connectivity index (χ1n) is 10.8. The molecule has 0 fully saturated rings. The number of hydrogen-bond acceptors (Lipinski definition) is 2. The molecule has 0 unspecified atom stereocenters. The van der Waals surface area contributed by atoms with Crippen LogP contribution in [0.4, 0.5) is 22.7 Å². The van der Waals surface area contributed by atoms with Gasteiger partial charge in [0.15, 0.2) is 0 Å². The van der Waals surface area contributed by atoms with Crippen molar-refractivity contribution in [3.8, 4) is 22.3 Å². The lowest BCUT2D eigenvalue weighted by Crippen LogP contribution is -1.99. The predicted molar refractivity (Wildman–Crippen MR) is 137 cm³/mol. The summed E-state index contributed by atoms with van der Waals surface area (Å²) in [5.74, 6) is 0. The van der Waals surface area contributed by atoms with Gasteiger partial charge >= 0.3 is 0 Å². The quantitative estimate of drug-likeness (QED) is 0.292. The van der Waals surface area contributed by atoms with E-state index in [9.17, 15) is 0 Å². The maximum Gasteiger partial charge on any atom is 0.0703 e. The monoisotopic (exact) mass is 412 g/mol. The van der Waals surface area contributed by atoms with Crippen LogP contribution in [0, 0.1) is 0 Å². The standard InChI is InChI=1S/C30H24N2/c1-4-11-23(12-5-1)24-19-21-25(22-20-24)28-17-10-18-29(31-26-13-6-2-7-14-26)30(28)32-27-15-8-3-9-16-27/h1-22,31-32H. The van der Waals surface area contributed by atoms with Gasteiger partial charge < -0.3 is 10.6 Å². The molecule has 5 aromatic rings. The largest absolute Gasteiger partial charge is 0.354 e. The van der Waals surface area contributed by atoms with Gasteiger partial charge in [-0.25, -0.2) is 0 Å². The van der Waals surface area contributed by atoms with Crippen molar-refractivity contribution in [1.82, 2.24) is 0 Å². The van der Waals surface area contributed by atoms with Crippen molar-refractivity contribution in [2.45, 2.75) is 0 Å². The van der Waals surface area contributed by atoms with Gasteiger partial charge in [-0.1, -0.05) is 103 Å². The Bertz CT molecular complexity index is 1280. The molecule has 32 heavy (non-hydrogen) atoms. The molecular formula is C30H24N2. The molecule has 0 heterocycles. The zero-order valence-corrected chi connectivity index (χ0v) is 17.7. The first kappa shape index (κ1) is 19.7. The van der Waals surface area contributed by atoms with E-state index in [0.717, 1.165) is 28.3 Å². The van der Waals surface area contributed by atoms with E-state index in [1.54, 1.807) is 0 Å². The molecule has 0 radical (unpaired) electrons. The number of benzene rings is 5. The third-order valence-electron chi connectivity index (χ3n) is 5.46. The molecule has 5 rings (SSSR count). The Morgan fingerprint density at radius 2 is 0.844 bits per heavy atom. The molecule has 5 aromatic carbocycles. The van der Waals surface area contributed by atoms with Gasteiger partial charge in [0.05, 0.1) is 11.4 Å². The van der Waals surface area contributed by atoms with Crippen LogP contribution in [0.1, 0.15) is 0 Å². The van der Waals surface area contributed by atoms with Crippen molar-refractivity contribution >= 4 is 22.7 Å². The Labute approximate surface area is 189 Å². The van der Waals surface area contributed by atoms with E-state index in [0.29, 0.717) is 0 Å². The Hall–Kier alpha value is -4.30.